The summed E-state index contributed by atoms with van der Waals surface area (Å²) >= 11 is 0. The number of alkyl halides is 2. The summed E-state index contributed by atoms with van der Waals surface area (Å²) in [5.74, 6) is -0.628. The van der Waals surface area contributed by atoms with Crippen molar-refractivity contribution in [3.8, 4) is 28.3 Å². The Bertz CT molecular complexity index is 1350. The van der Waals surface area contributed by atoms with Crippen LogP contribution in [0.5, 0.6) is 5.88 Å². The van der Waals surface area contributed by atoms with E-state index in [4.69, 9.17) is 15.0 Å². The number of hydrogen-bond donors (Lipinski definition) is 2. The third kappa shape index (κ3) is 5.24. The van der Waals surface area contributed by atoms with Gasteiger partial charge in [0.15, 0.2) is 0 Å². The molecule has 0 fully saturated rings. The number of nitrogens with two attached hydrogens (primary N) is 1. The average Bonchev–Trinajstić information content (AvgIpc) is 3.27. The Balaban J connectivity index is 1.88. The average molecular weight is 485 g/mol. The number of aliphatic hydroxyl groups is 1. The standard InChI is InChI=1S/C24H22F3N5O3/c1-12-8-14(9-17(29-12)21(26)27)19-20(13-4-6-15(25)7-5-13)30-23(28)31-22(19)34-11-18-16(10-35-32-18)24(2,3)33/h4-10,21,33H,11H2,1-3H3,(H2,28,30,31). The van der Waals surface area contributed by atoms with Gasteiger partial charge >= 0.3 is 0 Å². The molecule has 3 heterocycles. The number of halogens is 3. The van der Waals surface area contributed by atoms with E-state index in [9.17, 15) is 18.3 Å². The first kappa shape index (κ1) is 24.1. The van der Waals surface area contributed by atoms with Crippen LogP contribution < -0.4 is 10.5 Å². The first-order chi connectivity index (χ1) is 16.5. The minimum Gasteiger partial charge on any atom is -0.470 e. The molecule has 11 heteroatoms. The number of hydrogen-bond acceptors (Lipinski definition) is 8. The molecule has 0 spiro atoms. The highest BCUT2D eigenvalue weighted by Gasteiger charge is 2.26. The number of rotatable bonds is 7. The Morgan fingerprint density at radius 3 is 2.46 bits per heavy atom. The molecular weight excluding hydrogens is 463 g/mol. The van der Waals surface area contributed by atoms with Gasteiger partial charge in [-0.2, -0.15) is 4.98 Å². The summed E-state index contributed by atoms with van der Waals surface area (Å²) in [4.78, 5) is 12.4. The van der Waals surface area contributed by atoms with Crippen LogP contribution in [0.3, 0.4) is 0 Å². The topological polar surface area (TPSA) is 120 Å². The van der Waals surface area contributed by atoms with Crippen molar-refractivity contribution in [1.29, 1.82) is 0 Å². The van der Waals surface area contributed by atoms with Gasteiger partial charge < -0.3 is 20.1 Å². The van der Waals surface area contributed by atoms with E-state index >= 15 is 0 Å². The van der Waals surface area contributed by atoms with Gasteiger partial charge in [-0.15, -0.1) is 0 Å². The SMILES string of the molecule is Cc1cc(-c2c(OCc3nocc3C(C)(C)O)nc(N)nc2-c2ccc(F)cc2)cc(C(F)F)n1. The van der Waals surface area contributed by atoms with Gasteiger partial charge in [0.1, 0.15) is 30.1 Å². The molecule has 35 heavy (non-hydrogen) atoms. The van der Waals surface area contributed by atoms with E-state index in [1.807, 2.05) is 0 Å². The van der Waals surface area contributed by atoms with Crippen LogP contribution in [-0.4, -0.2) is 25.2 Å². The quantitative estimate of drug-likeness (QED) is 0.377. The van der Waals surface area contributed by atoms with E-state index in [2.05, 4.69) is 20.1 Å². The molecule has 0 aliphatic heterocycles. The van der Waals surface area contributed by atoms with E-state index in [0.717, 1.165) is 0 Å². The lowest BCUT2D eigenvalue weighted by Crippen LogP contribution is -2.18. The van der Waals surface area contributed by atoms with Gasteiger partial charge in [0.25, 0.3) is 6.43 Å². The highest BCUT2D eigenvalue weighted by Crippen LogP contribution is 2.39. The summed E-state index contributed by atoms with van der Waals surface area (Å²) in [5, 5.41) is 14.2. The van der Waals surface area contributed by atoms with Crippen LogP contribution in [0.15, 0.2) is 47.2 Å². The van der Waals surface area contributed by atoms with Gasteiger partial charge in [-0.3, -0.25) is 4.98 Å². The highest BCUT2D eigenvalue weighted by atomic mass is 19.3. The van der Waals surface area contributed by atoms with Crippen LogP contribution in [0.25, 0.3) is 22.4 Å². The maximum atomic E-state index is 13.6. The number of nitrogen functional groups attached to an aromatic ring is 1. The Hall–Kier alpha value is -3.99. The van der Waals surface area contributed by atoms with Crippen molar-refractivity contribution >= 4 is 5.95 Å². The Morgan fingerprint density at radius 1 is 1.09 bits per heavy atom. The summed E-state index contributed by atoms with van der Waals surface area (Å²) in [6.45, 7) is 4.54. The van der Waals surface area contributed by atoms with Crippen molar-refractivity contribution in [3.63, 3.8) is 0 Å². The van der Waals surface area contributed by atoms with Crippen molar-refractivity contribution in [2.75, 3.05) is 5.73 Å². The fraction of sp³-hybridized carbons (Fsp3) is 0.250. The number of benzene rings is 1. The third-order valence-corrected chi connectivity index (χ3v) is 5.15. The third-order valence-electron chi connectivity index (χ3n) is 5.15. The number of aryl methyl sites for hydroxylation is 1. The molecule has 0 bridgehead atoms. The molecule has 0 amide bonds. The van der Waals surface area contributed by atoms with E-state index in [1.165, 1.54) is 36.6 Å². The van der Waals surface area contributed by atoms with Crippen LogP contribution >= 0.6 is 0 Å². The predicted octanol–water partition coefficient (Wildman–Crippen LogP) is 4.97. The maximum Gasteiger partial charge on any atom is 0.280 e. The molecule has 0 aliphatic carbocycles. The number of ether oxygens (including phenoxy) is 1. The van der Waals surface area contributed by atoms with Crippen LogP contribution in [0.4, 0.5) is 19.1 Å². The monoisotopic (exact) mass is 485 g/mol. The molecule has 0 atom stereocenters. The fourth-order valence-electron chi connectivity index (χ4n) is 3.59. The van der Waals surface area contributed by atoms with E-state index in [0.29, 0.717) is 28.1 Å². The number of pyridine rings is 1. The summed E-state index contributed by atoms with van der Waals surface area (Å²) in [6, 6.07) is 8.24. The fourth-order valence-corrected chi connectivity index (χ4v) is 3.59. The zero-order valence-corrected chi connectivity index (χ0v) is 19.1. The molecule has 0 radical (unpaired) electrons. The second-order valence-corrected chi connectivity index (χ2v) is 8.36. The first-order valence-corrected chi connectivity index (χ1v) is 10.5. The lowest BCUT2D eigenvalue weighted by Gasteiger charge is -2.18. The molecule has 182 valence electrons. The summed E-state index contributed by atoms with van der Waals surface area (Å²) in [5.41, 5.74) is 6.59. The number of anilines is 1. The molecule has 3 aromatic heterocycles. The van der Waals surface area contributed by atoms with Crippen LogP contribution in [-0.2, 0) is 12.2 Å². The van der Waals surface area contributed by atoms with Crippen LogP contribution in [0, 0.1) is 12.7 Å². The molecule has 3 N–H and O–H groups in total. The van der Waals surface area contributed by atoms with E-state index in [1.54, 1.807) is 26.8 Å². The normalized spacial score (nSPS) is 11.8. The van der Waals surface area contributed by atoms with Gasteiger partial charge in [0.2, 0.25) is 11.8 Å². The van der Waals surface area contributed by atoms with Gasteiger partial charge in [-0.05, 0) is 62.7 Å². The zero-order chi connectivity index (χ0) is 25.3. The second kappa shape index (κ2) is 9.34. The molecule has 8 nitrogen and oxygen atoms in total. The summed E-state index contributed by atoms with van der Waals surface area (Å²) in [6.07, 6.45) is -1.51. The van der Waals surface area contributed by atoms with Crippen molar-refractivity contribution in [2.24, 2.45) is 0 Å². The smallest absolute Gasteiger partial charge is 0.280 e. The summed E-state index contributed by atoms with van der Waals surface area (Å²) < 4.78 is 51.6. The minimum atomic E-state index is -2.81. The van der Waals surface area contributed by atoms with Gasteiger partial charge in [-0.25, -0.2) is 18.2 Å². The summed E-state index contributed by atoms with van der Waals surface area (Å²) in [7, 11) is 0. The van der Waals surface area contributed by atoms with Crippen molar-refractivity contribution in [2.45, 2.75) is 39.4 Å². The predicted molar refractivity (Wildman–Crippen MR) is 121 cm³/mol. The number of nitrogens with zero attached hydrogens (tertiary/aromatic N) is 4. The van der Waals surface area contributed by atoms with Crippen molar-refractivity contribution in [3.05, 3.63) is 71.1 Å². The lowest BCUT2D eigenvalue weighted by atomic mass is 9.99. The van der Waals surface area contributed by atoms with Crippen LogP contribution in [0.2, 0.25) is 0 Å². The molecule has 1 aromatic carbocycles. The molecule has 0 unspecified atom stereocenters. The zero-order valence-electron chi connectivity index (χ0n) is 19.1. The van der Waals surface area contributed by atoms with Crippen LogP contribution in [0.1, 0.15) is 42.9 Å². The molecule has 4 aromatic rings. The molecular formula is C24H22F3N5O3. The van der Waals surface area contributed by atoms with E-state index < -0.39 is 23.5 Å². The Morgan fingerprint density at radius 2 is 1.80 bits per heavy atom. The highest BCUT2D eigenvalue weighted by molar-refractivity contribution is 5.85. The molecule has 0 aliphatic rings. The van der Waals surface area contributed by atoms with Crippen molar-refractivity contribution < 1.29 is 27.5 Å². The van der Waals surface area contributed by atoms with Gasteiger partial charge in [0.05, 0.1) is 16.9 Å². The lowest BCUT2D eigenvalue weighted by molar-refractivity contribution is 0.0758. The largest absolute Gasteiger partial charge is 0.470 e. The van der Waals surface area contributed by atoms with Crippen molar-refractivity contribution in [1.82, 2.24) is 20.1 Å². The minimum absolute atomic E-state index is 0.0210. The number of aromatic nitrogens is 4. The van der Waals surface area contributed by atoms with E-state index in [-0.39, 0.29) is 29.7 Å². The Labute approximate surface area is 198 Å². The molecule has 4 rings (SSSR count). The van der Waals surface area contributed by atoms with Gasteiger partial charge in [0, 0.05) is 16.8 Å². The first-order valence-electron chi connectivity index (χ1n) is 10.5. The second-order valence-electron chi connectivity index (χ2n) is 8.36. The Kier molecular flexibility index (Phi) is 6.44. The molecule has 0 saturated heterocycles. The maximum absolute atomic E-state index is 13.6. The molecule has 0 saturated carbocycles. The van der Waals surface area contributed by atoms with Gasteiger partial charge in [-0.1, -0.05) is 5.16 Å².